The summed E-state index contributed by atoms with van der Waals surface area (Å²) >= 11 is 0. The van der Waals surface area contributed by atoms with Gasteiger partial charge in [0, 0.05) is 12.2 Å². The molecule has 1 aromatic carbocycles. The predicted molar refractivity (Wildman–Crippen MR) is 90.3 cm³/mol. The Bertz CT molecular complexity index is 481. The average molecular weight is 302 g/mol. The Labute approximate surface area is 133 Å². The third kappa shape index (κ3) is 4.75. The number of nitrogens with one attached hydrogen (secondary N) is 1. The van der Waals surface area contributed by atoms with Crippen LogP contribution in [0.3, 0.4) is 0 Å². The molecule has 1 fully saturated rings. The molecule has 1 aromatic rings. The highest BCUT2D eigenvalue weighted by atomic mass is 16.6. The van der Waals surface area contributed by atoms with Crippen molar-refractivity contribution in [2.75, 3.05) is 38.1 Å². The molecule has 0 aliphatic carbocycles. The number of anilines is 1. The number of cyclic esters (lactones) is 1. The lowest BCUT2D eigenvalue weighted by atomic mass is 9.83. The van der Waals surface area contributed by atoms with Gasteiger partial charge in [-0.2, -0.15) is 0 Å². The molecule has 6 heteroatoms. The summed E-state index contributed by atoms with van der Waals surface area (Å²) in [6, 6.07) is 7.73. The highest BCUT2D eigenvalue weighted by Crippen LogP contribution is 2.21. The third-order valence-corrected chi connectivity index (χ3v) is 3.67. The van der Waals surface area contributed by atoms with E-state index in [1.165, 1.54) is 5.56 Å². The molecule has 1 radical (unpaired) electrons. The van der Waals surface area contributed by atoms with E-state index in [0.717, 1.165) is 31.7 Å². The van der Waals surface area contributed by atoms with Crippen LogP contribution in [0.5, 0.6) is 0 Å². The minimum Gasteiger partial charge on any atom is -0.452 e. The molecule has 1 aliphatic rings. The van der Waals surface area contributed by atoms with Crippen LogP contribution in [0.15, 0.2) is 24.3 Å². The van der Waals surface area contributed by atoms with Crippen LogP contribution >= 0.6 is 0 Å². The van der Waals surface area contributed by atoms with Crippen molar-refractivity contribution >= 4 is 19.2 Å². The molecular weight excluding hydrogens is 277 g/mol. The fourth-order valence-corrected chi connectivity index (χ4v) is 2.41. The van der Waals surface area contributed by atoms with E-state index in [-0.39, 0.29) is 12.1 Å². The molecule has 1 heterocycles. The number of rotatable bonds is 8. The number of hydrogen-bond donors (Lipinski definition) is 1. The first kappa shape index (κ1) is 16.8. The lowest BCUT2D eigenvalue weighted by Gasteiger charge is -2.18. The molecular formula is C16H25BN3O2. The average Bonchev–Trinajstić information content (AvgIpc) is 2.85. The normalized spacial score (nSPS) is 17.9. The fraction of sp³-hybridized carbons (Fsp3) is 0.562. The maximum Gasteiger partial charge on any atom is 0.414 e. The van der Waals surface area contributed by atoms with Crippen LogP contribution < -0.4 is 10.2 Å². The van der Waals surface area contributed by atoms with E-state index < -0.39 is 0 Å². The molecule has 1 aliphatic heterocycles. The maximum absolute atomic E-state index is 12.0. The van der Waals surface area contributed by atoms with Crippen LogP contribution in [0, 0.1) is 6.92 Å². The first-order valence-electron chi connectivity index (χ1n) is 7.91. The van der Waals surface area contributed by atoms with Gasteiger partial charge >= 0.3 is 6.09 Å². The summed E-state index contributed by atoms with van der Waals surface area (Å²) in [6.07, 6.45) is 0.863. The van der Waals surface area contributed by atoms with E-state index in [1.54, 1.807) is 4.90 Å². The van der Waals surface area contributed by atoms with Gasteiger partial charge in [-0.1, -0.05) is 24.6 Å². The summed E-state index contributed by atoms with van der Waals surface area (Å²) in [6.45, 7) is 7.62. The summed E-state index contributed by atoms with van der Waals surface area (Å²) in [7, 11) is 4.00. The number of hydrogen-bond acceptors (Lipinski definition) is 4. The van der Waals surface area contributed by atoms with Crippen LogP contribution in [0.4, 0.5) is 10.5 Å². The van der Waals surface area contributed by atoms with Gasteiger partial charge in [-0.3, -0.25) is 4.90 Å². The van der Waals surface area contributed by atoms with E-state index in [2.05, 4.69) is 17.1 Å². The number of carbonyl (C=O) groups is 1. The SMILES string of the molecule is CCCNCCN(C)[B]C1CN(c2ccc(C)cc2)C(=O)O1. The van der Waals surface area contributed by atoms with Crippen LogP contribution in [-0.4, -0.2) is 57.5 Å². The third-order valence-electron chi connectivity index (χ3n) is 3.67. The van der Waals surface area contributed by atoms with Crippen molar-refractivity contribution in [1.29, 1.82) is 0 Å². The van der Waals surface area contributed by atoms with E-state index in [4.69, 9.17) is 4.74 Å². The molecule has 1 atom stereocenters. The van der Waals surface area contributed by atoms with Gasteiger partial charge in [-0.25, -0.2) is 4.79 Å². The molecule has 1 N–H and O–H groups in total. The first-order chi connectivity index (χ1) is 10.6. The van der Waals surface area contributed by atoms with Crippen molar-refractivity contribution in [3.63, 3.8) is 0 Å². The Hall–Kier alpha value is -1.53. The summed E-state index contributed by atoms with van der Waals surface area (Å²) < 4.78 is 5.43. The topological polar surface area (TPSA) is 44.8 Å². The zero-order valence-corrected chi connectivity index (χ0v) is 13.7. The Kier molecular flexibility index (Phi) is 6.27. The van der Waals surface area contributed by atoms with Gasteiger partial charge in [-0.05, 0) is 45.6 Å². The molecule has 5 nitrogen and oxygen atoms in total. The molecule has 1 unspecified atom stereocenters. The molecule has 1 saturated heterocycles. The van der Waals surface area contributed by atoms with E-state index >= 15 is 0 Å². The molecule has 0 saturated carbocycles. The van der Waals surface area contributed by atoms with Crippen molar-refractivity contribution < 1.29 is 9.53 Å². The molecule has 0 spiro atoms. The second kappa shape index (κ2) is 8.20. The molecule has 1 amide bonds. The quantitative estimate of drug-likeness (QED) is 0.588. The summed E-state index contributed by atoms with van der Waals surface area (Å²) in [4.78, 5) is 15.8. The Morgan fingerprint density at radius 3 is 2.77 bits per heavy atom. The number of likely N-dealkylation sites (N-methyl/N-ethyl adjacent to an activating group) is 1. The van der Waals surface area contributed by atoms with Gasteiger partial charge in [0.1, 0.15) is 6.00 Å². The van der Waals surface area contributed by atoms with Gasteiger partial charge in [0.05, 0.1) is 6.54 Å². The molecule has 119 valence electrons. The minimum absolute atomic E-state index is 0.190. The molecule has 0 aromatic heterocycles. The molecule has 0 bridgehead atoms. The number of aryl methyl sites for hydroxylation is 1. The van der Waals surface area contributed by atoms with E-state index in [1.807, 2.05) is 45.7 Å². The van der Waals surface area contributed by atoms with E-state index in [9.17, 15) is 4.79 Å². The van der Waals surface area contributed by atoms with Gasteiger partial charge in [-0.15, -0.1) is 0 Å². The van der Waals surface area contributed by atoms with Gasteiger partial charge in [0.2, 0.25) is 0 Å². The fourth-order valence-electron chi connectivity index (χ4n) is 2.41. The zero-order valence-electron chi connectivity index (χ0n) is 13.7. The number of carbonyl (C=O) groups excluding carboxylic acids is 1. The largest absolute Gasteiger partial charge is 0.452 e. The summed E-state index contributed by atoms with van der Waals surface area (Å²) in [5.41, 5.74) is 2.07. The van der Waals surface area contributed by atoms with Crippen LogP contribution in [0.2, 0.25) is 0 Å². The summed E-state index contributed by atoms with van der Waals surface area (Å²) in [5, 5.41) is 3.36. The summed E-state index contributed by atoms with van der Waals surface area (Å²) in [5.74, 6) is 0. The Morgan fingerprint density at radius 2 is 2.09 bits per heavy atom. The number of benzene rings is 1. The van der Waals surface area contributed by atoms with Crippen molar-refractivity contribution in [2.24, 2.45) is 0 Å². The molecule has 2 rings (SSSR count). The van der Waals surface area contributed by atoms with Gasteiger partial charge in [0.25, 0.3) is 7.41 Å². The zero-order chi connectivity index (χ0) is 15.9. The van der Waals surface area contributed by atoms with Crippen molar-refractivity contribution in [3.05, 3.63) is 29.8 Å². The molecule has 22 heavy (non-hydrogen) atoms. The van der Waals surface area contributed by atoms with Crippen LogP contribution in [-0.2, 0) is 4.74 Å². The van der Waals surface area contributed by atoms with Crippen LogP contribution in [0.1, 0.15) is 18.9 Å². The highest BCUT2D eigenvalue weighted by Gasteiger charge is 2.33. The second-order valence-corrected chi connectivity index (χ2v) is 5.75. The second-order valence-electron chi connectivity index (χ2n) is 5.75. The van der Waals surface area contributed by atoms with E-state index in [0.29, 0.717) is 6.54 Å². The lowest BCUT2D eigenvalue weighted by molar-refractivity contribution is 0.166. The number of amides is 1. The van der Waals surface area contributed by atoms with Gasteiger partial charge in [0.15, 0.2) is 0 Å². The Morgan fingerprint density at radius 1 is 1.36 bits per heavy atom. The Balaban J connectivity index is 1.80. The number of ether oxygens (including phenoxy) is 1. The minimum atomic E-state index is -0.275. The maximum atomic E-state index is 12.0. The predicted octanol–water partition coefficient (Wildman–Crippen LogP) is 1.83. The standard InChI is InChI=1S/C16H25BN3O2/c1-4-9-18-10-11-19(3)17-15-12-20(16(21)22-15)14-7-5-13(2)6-8-14/h5-8,15,18H,4,9-12H2,1-3H3. The van der Waals surface area contributed by atoms with Crippen LogP contribution in [0.25, 0.3) is 0 Å². The monoisotopic (exact) mass is 302 g/mol. The smallest absolute Gasteiger partial charge is 0.414 e. The van der Waals surface area contributed by atoms with Crippen molar-refractivity contribution in [2.45, 2.75) is 26.3 Å². The van der Waals surface area contributed by atoms with Gasteiger partial charge < -0.3 is 14.9 Å². The lowest BCUT2D eigenvalue weighted by Crippen LogP contribution is -2.39. The first-order valence-corrected chi connectivity index (χ1v) is 7.91. The van der Waals surface area contributed by atoms with Crippen molar-refractivity contribution in [1.82, 2.24) is 10.1 Å². The number of nitrogens with zero attached hydrogens (tertiary/aromatic N) is 2. The van der Waals surface area contributed by atoms with Crippen molar-refractivity contribution in [3.8, 4) is 0 Å². The highest BCUT2D eigenvalue weighted by molar-refractivity contribution is 6.35.